The number of ketones is 2. The third kappa shape index (κ3) is 9.00. The third-order valence-corrected chi connectivity index (χ3v) is 9.75. The van der Waals surface area contributed by atoms with E-state index in [2.05, 4.69) is 4.74 Å². The zero-order valence-corrected chi connectivity index (χ0v) is 32.5. The van der Waals surface area contributed by atoms with Gasteiger partial charge in [-0.1, -0.05) is 108 Å². The fourth-order valence-corrected chi connectivity index (χ4v) is 6.95. The Kier molecular flexibility index (Phi) is 12.8. The molecule has 6 rings (SSSR count). The molecule has 0 amide bonds. The van der Waals surface area contributed by atoms with E-state index in [4.69, 9.17) is 4.74 Å². The number of esters is 3. The number of aryl methyl sites for hydroxylation is 4. The van der Waals surface area contributed by atoms with Crippen molar-refractivity contribution in [3.05, 3.63) is 153 Å². The van der Waals surface area contributed by atoms with Crippen molar-refractivity contribution in [2.75, 3.05) is 0 Å². The number of aliphatic hydroxyl groups is 1. The number of rotatable bonds is 5. The molecule has 2 aliphatic carbocycles. The van der Waals surface area contributed by atoms with Gasteiger partial charge >= 0.3 is 17.9 Å². The van der Waals surface area contributed by atoms with Crippen LogP contribution in [0.3, 0.4) is 0 Å². The van der Waals surface area contributed by atoms with Crippen LogP contribution >= 0.6 is 0 Å². The van der Waals surface area contributed by atoms with Crippen molar-refractivity contribution in [2.45, 2.75) is 86.0 Å². The molecule has 0 aliphatic heterocycles. The molecule has 0 bridgehead atoms. The van der Waals surface area contributed by atoms with Crippen LogP contribution in [-0.4, -0.2) is 34.6 Å². The van der Waals surface area contributed by atoms with Crippen molar-refractivity contribution in [2.24, 2.45) is 0 Å². The molecule has 0 aromatic heterocycles. The predicted molar refractivity (Wildman–Crippen MR) is 209 cm³/mol. The van der Waals surface area contributed by atoms with E-state index in [0.29, 0.717) is 29.7 Å². The predicted octanol–water partition coefficient (Wildman–Crippen LogP) is 9.11. The summed E-state index contributed by atoms with van der Waals surface area (Å²) in [5, 5.41) is 10.9. The van der Waals surface area contributed by atoms with Gasteiger partial charge in [-0.15, -0.1) is 0 Å². The fraction of sp³-hybridized carbons (Fsp3) is 0.283. The Morgan fingerprint density at radius 2 is 0.981 bits per heavy atom. The second-order valence-corrected chi connectivity index (χ2v) is 14.3. The summed E-state index contributed by atoms with van der Waals surface area (Å²) >= 11 is 0. The second kappa shape index (κ2) is 16.8. The van der Waals surface area contributed by atoms with Crippen molar-refractivity contribution in [1.29, 1.82) is 0 Å². The van der Waals surface area contributed by atoms with Gasteiger partial charge in [0, 0.05) is 33.6 Å². The number of carbonyl (C=O) groups is 5. The molecule has 2 atom stereocenters. The molecule has 0 saturated heterocycles. The first-order chi connectivity index (χ1) is 25.4. The number of hydrogen-bond acceptors (Lipinski definition) is 8. The van der Waals surface area contributed by atoms with Crippen LogP contribution in [0.15, 0.2) is 109 Å². The quantitative estimate of drug-likeness (QED) is 0.159. The molecule has 0 radical (unpaired) electrons. The lowest BCUT2D eigenvalue weighted by Gasteiger charge is -2.27. The summed E-state index contributed by atoms with van der Waals surface area (Å²) in [6, 6.07) is 31.5. The number of benzene rings is 4. The van der Waals surface area contributed by atoms with E-state index < -0.39 is 28.7 Å². The Labute approximate surface area is 317 Å². The molecule has 0 spiro atoms. The highest BCUT2D eigenvalue weighted by Gasteiger charge is 2.47. The Morgan fingerprint density at radius 3 is 1.41 bits per heavy atom. The summed E-state index contributed by atoms with van der Waals surface area (Å²) in [4.78, 5) is 57.0. The summed E-state index contributed by atoms with van der Waals surface area (Å²) in [6.07, 6.45) is 0.605. The maximum absolute atomic E-state index is 13.0. The highest BCUT2D eigenvalue weighted by molar-refractivity contribution is 6.26. The Balaban J connectivity index is 0.000000206. The van der Waals surface area contributed by atoms with Crippen LogP contribution in [0.4, 0.5) is 0 Å². The van der Waals surface area contributed by atoms with Gasteiger partial charge in [-0.3, -0.25) is 24.0 Å². The van der Waals surface area contributed by atoms with Gasteiger partial charge in [0.1, 0.15) is 11.5 Å². The largest absolute Gasteiger partial charge is 0.511 e. The molecule has 2 unspecified atom stereocenters. The number of carbonyl (C=O) groups excluding carboxylic acids is 5. The Hall–Kier alpha value is -5.89. The molecule has 0 saturated carbocycles. The first kappa shape index (κ1) is 40.9. The van der Waals surface area contributed by atoms with Crippen LogP contribution in [-0.2, 0) is 44.3 Å². The van der Waals surface area contributed by atoms with E-state index in [0.717, 1.165) is 44.5 Å². The summed E-state index contributed by atoms with van der Waals surface area (Å²) in [7, 11) is 0. The summed E-state index contributed by atoms with van der Waals surface area (Å²) in [6.45, 7) is 15.6. The van der Waals surface area contributed by atoms with Gasteiger partial charge in [0.25, 0.3) is 0 Å². The van der Waals surface area contributed by atoms with Gasteiger partial charge in [0.05, 0.1) is 22.0 Å². The summed E-state index contributed by atoms with van der Waals surface area (Å²) < 4.78 is 9.61. The minimum Gasteiger partial charge on any atom is -0.511 e. The Morgan fingerprint density at radius 1 is 0.574 bits per heavy atom. The number of ether oxygens (including phenoxy) is 2. The second-order valence-electron chi connectivity index (χ2n) is 14.3. The van der Waals surface area contributed by atoms with Gasteiger partial charge in [-0.05, 0) is 74.9 Å². The monoisotopic (exact) mass is 728 g/mol. The molecular formula is C46H48O8. The standard InChI is InChI=1S/C22H22O3.C20H20O2.C4H6O3/c1-14-10-11-15(2)18(12-14)20-19(24)13-22(4,21(20)25-16(3)23)17-8-6-5-7-9-17;1-13-9-10-14(2)16(11-13)18-17(21)12-20(3,19(18)22)15-7-5-4-6-8-15;1-3(5)7-4(2)6/h5-12H,13H2,1-4H3;4-11,22H,12H2,1-3H3;1-2H3. The van der Waals surface area contributed by atoms with Crippen LogP contribution in [0.5, 0.6) is 0 Å². The van der Waals surface area contributed by atoms with Gasteiger partial charge in [-0.2, -0.15) is 0 Å². The topological polar surface area (TPSA) is 124 Å². The van der Waals surface area contributed by atoms with Crippen LogP contribution in [0.1, 0.15) is 92.0 Å². The first-order valence-corrected chi connectivity index (χ1v) is 17.8. The zero-order valence-electron chi connectivity index (χ0n) is 32.5. The van der Waals surface area contributed by atoms with E-state index in [-0.39, 0.29) is 17.3 Å². The normalized spacial score (nSPS) is 19.1. The van der Waals surface area contributed by atoms with Crippen molar-refractivity contribution in [1.82, 2.24) is 0 Å². The molecule has 2 aliphatic rings. The molecule has 4 aromatic rings. The average molecular weight is 729 g/mol. The third-order valence-electron chi connectivity index (χ3n) is 9.75. The van der Waals surface area contributed by atoms with Crippen LogP contribution in [0.2, 0.25) is 0 Å². The van der Waals surface area contributed by atoms with E-state index in [1.165, 1.54) is 20.8 Å². The highest BCUT2D eigenvalue weighted by atomic mass is 16.6. The molecule has 280 valence electrons. The Bertz CT molecular complexity index is 2150. The number of allylic oxidation sites excluding steroid dienone is 4. The molecule has 54 heavy (non-hydrogen) atoms. The smallest absolute Gasteiger partial charge is 0.310 e. The summed E-state index contributed by atoms with van der Waals surface area (Å²) in [5.74, 6) is -0.856. The maximum atomic E-state index is 13.0. The zero-order chi connectivity index (χ0) is 40.0. The van der Waals surface area contributed by atoms with Crippen LogP contribution in [0.25, 0.3) is 11.1 Å². The SMILES string of the molecule is CC(=O)OC(C)=O.CC(=O)OC1=C(c2cc(C)ccc2C)C(=O)CC1(C)c1ccccc1.Cc1ccc(C)c(C2=C(O)C(C)(c3ccccc3)CC2=O)c1. The molecule has 8 heteroatoms. The molecule has 0 heterocycles. The van der Waals surface area contributed by atoms with Crippen LogP contribution in [0, 0.1) is 27.7 Å². The van der Waals surface area contributed by atoms with Gasteiger partial charge in [0.2, 0.25) is 0 Å². The van der Waals surface area contributed by atoms with Gasteiger partial charge < -0.3 is 14.6 Å². The van der Waals surface area contributed by atoms with Crippen molar-refractivity contribution in [3.8, 4) is 0 Å². The highest BCUT2D eigenvalue weighted by Crippen LogP contribution is 2.48. The molecule has 0 fully saturated rings. The average Bonchev–Trinajstić information content (AvgIpc) is 3.50. The van der Waals surface area contributed by atoms with Crippen molar-refractivity contribution < 1.29 is 38.6 Å². The van der Waals surface area contributed by atoms with E-state index in [1.54, 1.807) is 0 Å². The lowest BCUT2D eigenvalue weighted by atomic mass is 9.80. The fourth-order valence-electron chi connectivity index (χ4n) is 6.95. The molecule has 8 nitrogen and oxygen atoms in total. The van der Waals surface area contributed by atoms with Crippen molar-refractivity contribution in [3.63, 3.8) is 0 Å². The number of aliphatic hydroxyl groups excluding tert-OH is 1. The lowest BCUT2D eigenvalue weighted by Crippen LogP contribution is -2.25. The van der Waals surface area contributed by atoms with Crippen molar-refractivity contribution >= 4 is 40.6 Å². The molecule has 1 N–H and O–H groups in total. The van der Waals surface area contributed by atoms with E-state index >= 15 is 0 Å². The van der Waals surface area contributed by atoms with E-state index in [9.17, 15) is 29.1 Å². The maximum Gasteiger partial charge on any atom is 0.310 e. The minimum absolute atomic E-state index is 0.0105. The summed E-state index contributed by atoms with van der Waals surface area (Å²) in [5.41, 5.74) is 7.53. The van der Waals surface area contributed by atoms with Gasteiger partial charge in [0.15, 0.2) is 11.6 Å². The number of hydrogen-bond donors (Lipinski definition) is 1. The van der Waals surface area contributed by atoms with Crippen LogP contribution < -0.4 is 0 Å². The first-order valence-electron chi connectivity index (χ1n) is 17.8. The molecular weight excluding hydrogens is 680 g/mol. The minimum atomic E-state index is -0.643. The van der Waals surface area contributed by atoms with Gasteiger partial charge in [-0.25, -0.2) is 0 Å². The van der Waals surface area contributed by atoms with E-state index in [1.807, 2.05) is 139 Å². The molecule has 4 aromatic carbocycles. The number of Topliss-reactive ketones (excluding diaryl/α,β-unsaturated/α-hetero) is 2. The lowest BCUT2D eigenvalue weighted by molar-refractivity contribution is -0.156.